The highest BCUT2D eigenvalue weighted by atomic mass is 16.7. The minimum absolute atomic E-state index is 0.0483. The minimum Gasteiger partial charge on any atom is -0.485 e. The summed E-state index contributed by atoms with van der Waals surface area (Å²) in [7, 11) is -0.128. The van der Waals surface area contributed by atoms with Crippen molar-refractivity contribution in [2.75, 3.05) is 13.9 Å². The molecule has 110 valence electrons. The van der Waals surface area contributed by atoms with Crippen LogP contribution in [-0.2, 0) is 11.3 Å². The Balaban J connectivity index is 2.21. The van der Waals surface area contributed by atoms with E-state index in [0.29, 0.717) is 18.1 Å². The molecule has 0 saturated heterocycles. The lowest BCUT2D eigenvalue weighted by Gasteiger charge is -2.16. The number of rotatable bonds is 7. The molecule has 0 heterocycles. The first-order valence-corrected chi connectivity index (χ1v) is 6.50. The van der Waals surface area contributed by atoms with Crippen molar-refractivity contribution in [2.45, 2.75) is 6.61 Å². The Morgan fingerprint density at radius 3 is 2.38 bits per heavy atom. The van der Waals surface area contributed by atoms with E-state index in [4.69, 9.17) is 14.2 Å². The zero-order chi connectivity index (χ0) is 15.1. The lowest BCUT2D eigenvalue weighted by atomic mass is 9.79. The Bertz CT molecular complexity index is 559. The summed E-state index contributed by atoms with van der Waals surface area (Å²) >= 11 is 0. The molecule has 0 radical (unpaired) electrons. The predicted molar refractivity (Wildman–Crippen MR) is 79.5 cm³/mol. The quantitative estimate of drug-likeness (QED) is 0.586. The number of methoxy groups -OCH3 is 1. The smallest absolute Gasteiger partial charge is 0.485 e. The summed E-state index contributed by atoms with van der Waals surface area (Å²) in [4.78, 5) is 0. The number of hydrogen-bond donors (Lipinski definition) is 2. The van der Waals surface area contributed by atoms with E-state index in [1.807, 2.05) is 30.3 Å². The van der Waals surface area contributed by atoms with E-state index in [2.05, 4.69) is 0 Å². The van der Waals surface area contributed by atoms with Crippen molar-refractivity contribution in [2.24, 2.45) is 0 Å². The summed E-state index contributed by atoms with van der Waals surface area (Å²) < 4.78 is 16.0. The van der Waals surface area contributed by atoms with Crippen LogP contribution >= 0.6 is 0 Å². The van der Waals surface area contributed by atoms with E-state index >= 15 is 0 Å². The summed E-state index contributed by atoms with van der Waals surface area (Å²) in [5, 5.41) is 18.9. The van der Waals surface area contributed by atoms with Crippen molar-refractivity contribution in [1.29, 1.82) is 0 Å². The standard InChI is InChI=1S/C15H17BO5/c1-19-11-21-14-9-5-8-13(16(17)18)15(14)20-10-12-6-3-2-4-7-12/h2-9,17-18H,10-11H2,1H3. The average Bonchev–Trinajstić information content (AvgIpc) is 2.52. The molecule has 0 bridgehead atoms. The predicted octanol–water partition coefficient (Wildman–Crippen LogP) is 0.928. The molecule has 2 N–H and O–H groups in total. The molecule has 0 unspecified atom stereocenters. The second-order valence-electron chi connectivity index (χ2n) is 4.37. The molecule has 0 spiro atoms. The summed E-state index contributed by atoms with van der Waals surface area (Å²) in [5.74, 6) is 0.701. The summed E-state index contributed by atoms with van der Waals surface area (Å²) in [6.07, 6.45) is 0. The molecular formula is C15H17BO5. The average molecular weight is 288 g/mol. The van der Waals surface area contributed by atoms with Crippen LogP contribution < -0.4 is 14.9 Å². The minimum atomic E-state index is -1.64. The van der Waals surface area contributed by atoms with Gasteiger partial charge in [0.15, 0.2) is 18.3 Å². The maximum absolute atomic E-state index is 9.44. The van der Waals surface area contributed by atoms with Gasteiger partial charge in [0, 0.05) is 12.6 Å². The van der Waals surface area contributed by atoms with Gasteiger partial charge in [-0.3, -0.25) is 0 Å². The molecule has 0 aliphatic rings. The Hall–Kier alpha value is -2.02. The first kappa shape index (κ1) is 15.4. The SMILES string of the molecule is COCOc1cccc(B(O)O)c1OCc1ccccc1. The Morgan fingerprint density at radius 2 is 1.71 bits per heavy atom. The lowest BCUT2D eigenvalue weighted by Crippen LogP contribution is -2.31. The maximum atomic E-state index is 9.44. The molecule has 0 amide bonds. The molecule has 2 aromatic rings. The van der Waals surface area contributed by atoms with E-state index < -0.39 is 7.12 Å². The second kappa shape index (κ2) is 7.68. The zero-order valence-corrected chi connectivity index (χ0v) is 11.7. The van der Waals surface area contributed by atoms with Gasteiger partial charge in [0.2, 0.25) is 0 Å². The molecule has 0 fully saturated rings. The van der Waals surface area contributed by atoms with E-state index in [0.717, 1.165) is 5.56 Å². The third-order valence-corrected chi connectivity index (χ3v) is 2.85. The monoisotopic (exact) mass is 288 g/mol. The third-order valence-electron chi connectivity index (χ3n) is 2.85. The van der Waals surface area contributed by atoms with Gasteiger partial charge >= 0.3 is 7.12 Å². The van der Waals surface area contributed by atoms with Crippen LogP contribution in [0, 0.1) is 0 Å². The molecule has 0 aliphatic heterocycles. The normalized spacial score (nSPS) is 10.2. The van der Waals surface area contributed by atoms with Crippen molar-refractivity contribution in [1.82, 2.24) is 0 Å². The molecule has 5 nitrogen and oxygen atoms in total. The van der Waals surface area contributed by atoms with Crippen LogP contribution in [0.4, 0.5) is 0 Å². The Labute approximate surface area is 123 Å². The highest BCUT2D eigenvalue weighted by Gasteiger charge is 2.21. The van der Waals surface area contributed by atoms with Crippen molar-refractivity contribution in [3.8, 4) is 11.5 Å². The molecular weight excluding hydrogens is 271 g/mol. The van der Waals surface area contributed by atoms with Crippen LogP contribution in [0.5, 0.6) is 11.5 Å². The van der Waals surface area contributed by atoms with Crippen molar-refractivity contribution in [3.63, 3.8) is 0 Å². The van der Waals surface area contributed by atoms with Gasteiger partial charge in [-0.05, 0) is 11.6 Å². The van der Waals surface area contributed by atoms with E-state index in [-0.39, 0.29) is 12.3 Å². The lowest BCUT2D eigenvalue weighted by molar-refractivity contribution is 0.0485. The number of ether oxygens (including phenoxy) is 3. The molecule has 0 aliphatic carbocycles. The fraction of sp³-hybridized carbons (Fsp3) is 0.200. The highest BCUT2D eigenvalue weighted by Crippen LogP contribution is 2.26. The molecule has 21 heavy (non-hydrogen) atoms. The largest absolute Gasteiger partial charge is 0.492 e. The fourth-order valence-corrected chi connectivity index (χ4v) is 1.86. The van der Waals surface area contributed by atoms with Gasteiger partial charge < -0.3 is 24.3 Å². The Morgan fingerprint density at radius 1 is 0.952 bits per heavy atom. The molecule has 6 heteroatoms. The van der Waals surface area contributed by atoms with Gasteiger partial charge in [0.1, 0.15) is 6.61 Å². The molecule has 2 rings (SSSR count). The number of benzene rings is 2. The zero-order valence-electron chi connectivity index (χ0n) is 11.7. The number of hydrogen-bond acceptors (Lipinski definition) is 5. The van der Waals surface area contributed by atoms with Crippen LogP contribution in [0.25, 0.3) is 0 Å². The van der Waals surface area contributed by atoms with Gasteiger partial charge in [0.25, 0.3) is 0 Å². The second-order valence-corrected chi connectivity index (χ2v) is 4.37. The van der Waals surface area contributed by atoms with Crippen molar-refractivity contribution >= 4 is 12.6 Å². The number of para-hydroxylation sites is 1. The van der Waals surface area contributed by atoms with Crippen LogP contribution in [0.15, 0.2) is 48.5 Å². The fourth-order valence-electron chi connectivity index (χ4n) is 1.86. The van der Waals surface area contributed by atoms with E-state index in [1.54, 1.807) is 18.2 Å². The van der Waals surface area contributed by atoms with Gasteiger partial charge in [0.05, 0.1) is 0 Å². The van der Waals surface area contributed by atoms with Crippen molar-refractivity contribution in [3.05, 3.63) is 54.1 Å². The van der Waals surface area contributed by atoms with Crippen LogP contribution in [0.3, 0.4) is 0 Å². The van der Waals surface area contributed by atoms with Crippen LogP contribution in [0.2, 0.25) is 0 Å². The van der Waals surface area contributed by atoms with Gasteiger partial charge in [-0.2, -0.15) is 0 Å². The van der Waals surface area contributed by atoms with E-state index in [9.17, 15) is 10.0 Å². The highest BCUT2D eigenvalue weighted by molar-refractivity contribution is 6.59. The molecule has 0 saturated carbocycles. The summed E-state index contributed by atoms with van der Waals surface area (Å²) in [5.41, 5.74) is 1.22. The first-order valence-electron chi connectivity index (χ1n) is 6.50. The maximum Gasteiger partial charge on any atom is 0.492 e. The summed E-state index contributed by atoms with van der Waals surface area (Å²) in [6.45, 7) is 0.348. The molecule has 0 aromatic heterocycles. The topological polar surface area (TPSA) is 68.2 Å². The van der Waals surface area contributed by atoms with Crippen LogP contribution in [-0.4, -0.2) is 31.1 Å². The van der Waals surface area contributed by atoms with Gasteiger partial charge in [-0.15, -0.1) is 0 Å². The molecule has 0 atom stereocenters. The third kappa shape index (κ3) is 4.22. The first-order chi connectivity index (χ1) is 10.2. The van der Waals surface area contributed by atoms with E-state index in [1.165, 1.54) is 7.11 Å². The van der Waals surface area contributed by atoms with Gasteiger partial charge in [-0.1, -0.05) is 42.5 Å². The van der Waals surface area contributed by atoms with Crippen LogP contribution in [0.1, 0.15) is 5.56 Å². The Kier molecular flexibility index (Phi) is 5.63. The molecule has 2 aromatic carbocycles. The van der Waals surface area contributed by atoms with Gasteiger partial charge in [-0.25, -0.2) is 0 Å². The summed E-state index contributed by atoms with van der Waals surface area (Å²) in [6, 6.07) is 14.5. The van der Waals surface area contributed by atoms with Crippen molar-refractivity contribution < 1.29 is 24.3 Å².